The van der Waals surface area contributed by atoms with E-state index >= 15 is 0 Å². The van der Waals surface area contributed by atoms with Crippen LogP contribution in [0.4, 0.5) is 0 Å². The molecule has 0 atom stereocenters. The molecule has 0 saturated heterocycles. The van der Waals surface area contributed by atoms with Crippen molar-refractivity contribution in [3.8, 4) is 22.5 Å². The lowest BCUT2D eigenvalue weighted by Crippen LogP contribution is -2.12. The Morgan fingerprint density at radius 1 is 1.00 bits per heavy atom. The standard InChI is InChI=1S/C22H12I4O4/c1-9(28)10-4-2-3-5-11(10)17-12-6-15(23)14(8-27)18(25)21(12)30-22-13(17)7-16(24)20(29)19(22)26/h2-7,27H,8H2,1H3. The number of ketones is 1. The van der Waals surface area contributed by atoms with Gasteiger partial charge in [0, 0.05) is 31.2 Å². The van der Waals surface area contributed by atoms with Gasteiger partial charge in [0.25, 0.3) is 0 Å². The molecule has 0 fully saturated rings. The van der Waals surface area contributed by atoms with E-state index in [2.05, 4.69) is 45.2 Å². The van der Waals surface area contributed by atoms with Gasteiger partial charge in [0.1, 0.15) is 9.15 Å². The van der Waals surface area contributed by atoms with Crippen molar-refractivity contribution in [3.63, 3.8) is 0 Å². The molecule has 8 heteroatoms. The normalized spacial score (nSPS) is 11.4. The summed E-state index contributed by atoms with van der Waals surface area (Å²) in [6.07, 6.45) is 0. The lowest BCUT2D eigenvalue weighted by molar-refractivity contribution is 0.101. The lowest BCUT2D eigenvalue weighted by atomic mass is 9.89. The van der Waals surface area contributed by atoms with Crippen molar-refractivity contribution < 1.29 is 14.3 Å². The van der Waals surface area contributed by atoms with Crippen molar-refractivity contribution in [2.75, 3.05) is 0 Å². The van der Waals surface area contributed by atoms with Crippen molar-refractivity contribution in [1.82, 2.24) is 0 Å². The Kier molecular flexibility index (Phi) is 6.78. The molecule has 152 valence electrons. The zero-order valence-corrected chi connectivity index (χ0v) is 24.0. The van der Waals surface area contributed by atoms with E-state index in [0.29, 0.717) is 24.0 Å². The number of carbonyl (C=O) groups excluding carboxylic acids is 1. The molecule has 30 heavy (non-hydrogen) atoms. The number of aliphatic hydroxyl groups excluding tert-OH is 1. The van der Waals surface area contributed by atoms with Gasteiger partial charge < -0.3 is 9.52 Å². The quantitative estimate of drug-likeness (QED) is 0.142. The summed E-state index contributed by atoms with van der Waals surface area (Å²) in [5, 5.41) is 10.7. The van der Waals surface area contributed by atoms with E-state index in [1.807, 2.05) is 81.6 Å². The highest BCUT2D eigenvalue weighted by molar-refractivity contribution is 14.1. The highest BCUT2D eigenvalue weighted by Gasteiger charge is 2.26. The number of hydrogen-bond acceptors (Lipinski definition) is 4. The smallest absolute Gasteiger partial charge is 0.209 e. The fourth-order valence-electron chi connectivity index (χ4n) is 3.48. The Labute approximate surface area is 226 Å². The third-order valence-corrected chi connectivity index (χ3v) is 8.76. The van der Waals surface area contributed by atoms with Crippen molar-refractivity contribution in [2.24, 2.45) is 0 Å². The Balaban J connectivity index is 2.33. The van der Waals surface area contributed by atoms with Gasteiger partial charge in [-0.2, -0.15) is 0 Å². The van der Waals surface area contributed by atoms with Crippen LogP contribution in [-0.2, 0) is 6.61 Å². The molecule has 0 amide bonds. The Morgan fingerprint density at radius 3 is 2.37 bits per heavy atom. The minimum atomic E-state index is -0.115. The third-order valence-electron chi connectivity index (χ3n) is 4.88. The summed E-state index contributed by atoms with van der Waals surface area (Å²) >= 11 is 8.45. The number of aliphatic hydroxyl groups is 1. The third kappa shape index (κ3) is 3.73. The van der Waals surface area contributed by atoms with E-state index in [0.717, 1.165) is 34.8 Å². The number of carbonyl (C=O) groups is 1. The van der Waals surface area contributed by atoms with Gasteiger partial charge in [-0.15, -0.1) is 0 Å². The zero-order chi connectivity index (χ0) is 21.7. The number of Topliss-reactive ketones (excluding diaryl/α,β-unsaturated/α-hetero) is 1. The molecule has 2 aromatic rings. The van der Waals surface area contributed by atoms with Gasteiger partial charge in [0.05, 0.1) is 13.7 Å². The van der Waals surface area contributed by atoms with Gasteiger partial charge in [0.2, 0.25) is 5.43 Å². The van der Waals surface area contributed by atoms with Gasteiger partial charge in [-0.25, -0.2) is 0 Å². The van der Waals surface area contributed by atoms with Crippen molar-refractivity contribution in [3.05, 3.63) is 72.0 Å². The maximum absolute atomic E-state index is 12.6. The monoisotopic (exact) mass is 848 g/mol. The molecule has 1 heterocycles. The van der Waals surface area contributed by atoms with Crippen LogP contribution in [0.3, 0.4) is 0 Å². The second-order valence-corrected chi connectivity index (χ2v) is 11.1. The Hall–Kier alpha value is -0.320. The van der Waals surface area contributed by atoms with Crippen LogP contribution in [0.25, 0.3) is 33.4 Å². The summed E-state index contributed by atoms with van der Waals surface area (Å²) in [4.78, 5) is 25.1. The molecular weight excluding hydrogens is 836 g/mol. The predicted octanol–water partition coefficient (Wildman–Crippen LogP) is 6.68. The fourth-order valence-corrected chi connectivity index (χ4v) is 7.40. The summed E-state index contributed by atoms with van der Waals surface area (Å²) < 4.78 is 9.08. The molecule has 1 N–H and O–H groups in total. The number of fused-ring (bicyclic) bond motifs is 2. The highest BCUT2D eigenvalue weighted by Crippen LogP contribution is 2.45. The van der Waals surface area contributed by atoms with Gasteiger partial charge in [-0.3, -0.25) is 9.59 Å². The molecule has 2 aliphatic rings. The summed E-state index contributed by atoms with van der Waals surface area (Å²) in [5.74, 6) is 0.457. The predicted molar refractivity (Wildman–Crippen MR) is 151 cm³/mol. The van der Waals surface area contributed by atoms with E-state index < -0.39 is 0 Å². The highest BCUT2D eigenvalue weighted by atomic mass is 127. The molecule has 0 saturated carbocycles. The average molecular weight is 848 g/mol. The number of hydrogen-bond donors (Lipinski definition) is 1. The molecule has 0 aromatic heterocycles. The second kappa shape index (κ2) is 8.90. The molecule has 0 radical (unpaired) electrons. The second-order valence-electron chi connectivity index (χ2n) is 6.64. The zero-order valence-electron chi connectivity index (χ0n) is 15.4. The minimum absolute atomic E-state index is 0.0334. The lowest BCUT2D eigenvalue weighted by Gasteiger charge is -2.20. The number of halogens is 4. The first-order valence-corrected chi connectivity index (χ1v) is 13.0. The molecule has 0 spiro atoms. The topological polar surface area (TPSA) is 67.5 Å². The van der Waals surface area contributed by atoms with Crippen LogP contribution in [0.2, 0.25) is 0 Å². The maximum atomic E-state index is 12.6. The number of benzene rings is 3. The average Bonchev–Trinajstić information content (AvgIpc) is 2.71. The van der Waals surface area contributed by atoms with Gasteiger partial charge >= 0.3 is 0 Å². The van der Waals surface area contributed by atoms with E-state index in [4.69, 9.17) is 4.42 Å². The van der Waals surface area contributed by atoms with Crippen LogP contribution in [0.5, 0.6) is 0 Å². The largest absolute Gasteiger partial charge is 0.454 e. The molecule has 0 bridgehead atoms. The van der Waals surface area contributed by atoms with E-state index in [9.17, 15) is 14.7 Å². The maximum Gasteiger partial charge on any atom is 0.209 e. The van der Waals surface area contributed by atoms with Crippen LogP contribution >= 0.6 is 90.4 Å². The van der Waals surface area contributed by atoms with Gasteiger partial charge in [-0.05, 0) is 115 Å². The summed E-state index contributed by atoms with van der Waals surface area (Å²) in [6.45, 7) is 1.44. The molecule has 0 unspecified atom stereocenters. The van der Waals surface area contributed by atoms with Crippen molar-refractivity contribution in [1.29, 1.82) is 0 Å². The van der Waals surface area contributed by atoms with Crippen molar-refractivity contribution in [2.45, 2.75) is 13.5 Å². The van der Waals surface area contributed by atoms with Crippen LogP contribution in [0, 0.1) is 14.3 Å². The van der Waals surface area contributed by atoms with Crippen LogP contribution in [-0.4, -0.2) is 10.9 Å². The fraction of sp³-hybridized carbons (Fsp3) is 0.0909. The Morgan fingerprint density at radius 2 is 1.70 bits per heavy atom. The number of rotatable bonds is 3. The Bertz CT molecular complexity index is 1370. The van der Waals surface area contributed by atoms with E-state index in [-0.39, 0.29) is 17.8 Å². The molecule has 4 rings (SSSR count). The minimum Gasteiger partial charge on any atom is -0.454 e. The van der Waals surface area contributed by atoms with Gasteiger partial charge in [-0.1, -0.05) is 24.3 Å². The van der Waals surface area contributed by atoms with E-state index in [1.54, 1.807) is 6.92 Å². The first-order valence-electron chi connectivity index (χ1n) is 8.72. The van der Waals surface area contributed by atoms with E-state index in [1.165, 1.54) is 0 Å². The molecule has 2 aromatic carbocycles. The molecule has 1 aliphatic heterocycles. The SMILES string of the molecule is CC(=O)c1ccccc1-c1c2cc(I)c(=O)c(I)c-2oc2c(I)c(CO)c(I)cc12. The van der Waals surface area contributed by atoms with Crippen LogP contribution < -0.4 is 5.43 Å². The molecule has 1 aliphatic carbocycles. The first kappa shape index (κ1) is 22.9. The summed E-state index contributed by atoms with van der Waals surface area (Å²) in [6, 6.07) is 11.3. The molecule has 4 nitrogen and oxygen atoms in total. The van der Waals surface area contributed by atoms with Crippen molar-refractivity contribution >= 4 is 107 Å². The molecular formula is C22H12I4O4. The van der Waals surface area contributed by atoms with Crippen LogP contribution in [0.15, 0.2) is 45.6 Å². The van der Waals surface area contributed by atoms with Gasteiger partial charge in [0.15, 0.2) is 11.5 Å². The summed E-state index contributed by atoms with van der Waals surface area (Å²) in [7, 11) is 0. The first-order chi connectivity index (χ1) is 14.3. The van der Waals surface area contributed by atoms with Crippen LogP contribution in [0.1, 0.15) is 22.8 Å². The summed E-state index contributed by atoms with van der Waals surface area (Å²) in [5.41, 5.74) is 4.34.